The number of benzene rings is 2. The molecule has 6 heteroatoms. The summed E-state index contributed by atoms with van der Waals surface area (Å²) in [6, 6.07) is 7.74. The van der Waals surface area contributed by atoms with Gasteiger partial charge in [-0.3, -0.25) is 0 Å². The van der Waals surface area contributed by atoms with Crippen molar-refractivity contribution in [3.63, 3.8) is 0 Å². The van der Waals surface area contributed by atoms with Crippen LogP contribution in [0.3, 0.4) is 0 Å². The quantitative estimate of drug-likeness (QED) is 0.599. The third-order valence-electron chi connectivity index (χ3n) is 3.12. The fourth-order valence-electron chi connectivity index (χ4n) is 2.17. The highest BCUT2D eigenvalue weighted by atomic mass is 19.4. The molecule has 0 spiro atoms. The normalized spacial score (nSPS) is 12.0. The SMILES string of the molecule is Fc1cc(F)cc(-c2cc3ccc(C(F)(F)F)cc3[nH]2)c1. The van der Waals surface area contributed by atoms with Crippen molar-refractivity contribution in [1.29, 1.82) is 0 Å². The Hall–Kier alpha value is -2.37. The number of alkyl halides is 3. The third kappa shape index (κ3) is 2.61. The number of aromatic amines is 1. The molecule has 108 valence electrons. The molecule has 0 amide bonds. The lowest BCUT2D eigenvalue weighted by atomic mass is 10.1. The Balaban J connectivity index is 2.13. The number of fused-ring (bicyclic) bond motifs is 1. The van der Waals surface area contributed by atoms with E-state index in [4.69, 9.17) is 0 Å². The first-order valence-electron chi connectivity index (χ1n) is 5.99. The first kappa shape index (κ1) is 13.6. The van der Waals surface area contributed by atoms with Gasteiger partial charge in [0.15, 0.2) is 0 Å². The van der Waals surface area contributed by atoms with E-state index in [2.05, 4.69) is 4.98 Å². The fraction of sp³-hybridized carbons (Fsp3) is 0.0667. The molecule has 3 rings (SSSR count). The van der Waals surface area contributed by atoms with Crippen molar-refractivity contribution >= 4 is 10.9 Å². The minimum atomic E-state index is -4.44. The molecule has 0 atom stereocenters. The maximum absolute atomic E-state index is 13.2. The van der Waals surface area contributed by atoms with Gasteiger partial charge in [0.05, 0.1) is 5.56 Å². The Bertz CT molecular complexity index is 796. The molecule has 1 heterocycles. The molecular formula is C15H8F5N. The Labute approximate surface area is 116 Å². The number of rotatable bonds is 1. The molecule has 0 saturated carbocycles. The van der Waals surface area contributed by atoms with Crippen LogP contribution in [0.15, 0.2) is 42.5 Å². The van der Waals surface area contributed by atoms with Crippen molar-refractivity contribution in [1.82, 2.24) is 4.98 Å². The molecular weight excluding hydrogens is 289 g/mol. The minimum absolute atomic E-state index is 0.234. The predicted octanol–water partition coefficient (Wildman–Crippen LogP) is 5.13. The number of hydrogen-bond donors (Lipinski definition) is 1. The highest BCUT2D eigenvalue weighted by Gasteiger charge is 2.30. The highest BCUT2D eigenvalue weighted by Crippen LogP contribution is 2.33. The summed E-state index contributed by atoms with van der Waals surface area (Å²) in [5.74, 6) is -1.50. The van der Waals surface area contributed by atoms with Gasteiger partial charge in [-0.05, 0) is 30.3 Å². The van der Waals surface area contributed by atoms with Gasteiger partial charge in [0.25, 0.3) is 0 Å². The topological polar surface area (TPSA) is 15.8 Å². The molecule has 0 aliphatic rings. The zero-order valence-corrected chi connectivity index (χ0v) is 10.4. The largest absolute Gasteiger partial charge is 0.416 e. The van der Waals surface area contributed by atoms with Crippen LogP contribution in [0, 0.1) is 11.6 Å². The standard InChI is InChI=1S/C15H8F5N/c16-11-3-9(4-12(17)7-11)13-5-8-1-2-10(15(18,19)20)6-14(8)21-13/h1-7,21H. The van der Waals surface area contributed by atoms with Gasteiger partial charge in [0.2, 0.25) is 0 Å². The van der Waals surface area contributed by atoms with Crippen LogP contribution < -0.4 is 0 Å². The molecule has 1 N–H and O–H groups in total. The van der Waals surface area contributed by atoms with Gasteiger partial charge in [-0.25, -0.2) is 8.78 Å². The van der Waals surface area contributed by atoms with E-state index < -0.39 is 23.4 Å². The molecule has 0 fully saturated rings. The van der Waals surface area contributed by atoms with Crippen LogP contribution >= 0.6 is 0 Å². The summed E-state index contributed by atoms with van der Waals surface area (Å²) in [4.78, 5) is 2.75. The zero-order chi connectivity index (χ0) is 15.2. The van der Waals surface area contributed by atoms with Gasteiger partial charge in [0.1, 0.15) is 11.6 Å². The summed E-state index contributed by atoms with van der Waals surface area (Å²) in [7, 11) is 0. The summed E-state index contributed by atoms with van der Waals surface area (Å²) in [5.41, 5.74) is 0.0540. The molecule has 3 aromatic rings. The second-order valence-corrected chi connectivity index (χ2v) is 4.64. The van der Waals surface area contributed by atoms with E-state index in [1.807, 2.05) is 0 Å². The van der Waals surface area contributed by atoms with Crippen LogP contribution in [0.2, 0.25) is 0 Å². The number of H-pyrrole nitrogens is 1. The van der Waals surface area contributed by atoms with Gasteiger partial charge in [-0.2, -0.15) is 13.2 Å². The maximum Gasteiger partial charge on any atom is 0.416 e. The number of hydrogen-bond acceptors (Lipinski definition) is 0. The fourth-order valence-corrected chi connectivity index (χ4v) is 2.17. The smallest absolute Gasteiger partial charge is 0.355 e. The van der Waals surface area contributed by atoms with Gasteiger partial charge in [0, 0.05) is 28.2 Å². The van der Waals surface area contributed by atoms with Crippen molar-refractivity contribution in [3.05, 3.63) is 59.7 Å². The van der Waals surface area contributed by atoms with Gasteiger partial charge in [-0.15, -0.1) is 0 Å². The van der Waals surface area contributed by atoms with E-state index in [0.29, 0.717) is 11.1 Å². The second-order valence-electron chi connectivity index (χ2n) is 4.64. The Morgan fingerprint density at radius 2 is 1.48 bits per heavy atom. The van der Waals surface area contributed by atoms with Crippen molar-refractivity contribution < 1.29 is 22.0 Å². The first-order chi connectivity index (χ1) is 9.83. The van der Waals surface area contributed by atoms with Crippen LogP contribution in [0.25, 0.3) is 22.2 Å². The maximum atomic E-state index is 13.2. The Morgan fingerprint density at radius 1 is 0.810 bits per heavy atom. The molecule has 2 aromatic carbocycles. The molecule has 1 aromatic heterocycles. The summed E-state index contributed by atoms with van der Waals surface area (Å²) >= 11 is 0. The third-order valence-corrected chi connectivity index (χ3v) is 3.12. The van der Waals surface area contributed by atoms with Crippen LogP contribution in [-0.2, 0) is 6.18 Å². The average Bonchev–Trinajstić information content (AvgIpc) is 2.79. The van der Waals surface area contributed by atoms with Crippen LogP contribution in [-0.4, -0.2) is 4.98 Å². The summed E-state index contributed by atoms with van der Waals surface area (Å²) in [6.07, 6.45) is -4.44. The first-order valence-corrected chi connectivity index (χ1v) is 5.99. The average molecular weight is 297 g/mol. The number of nitrogens with one attached hydrogen (secondary N) is 1. The number of aromatic nitrogens is 1. The van der Waals surface area contributed by atoms with E-state index in [0.717, 1.165) is 30.3 Å². The lowest BCUT2D eigenvalue weighted by Gasteiger charge is -2.05. The van der Waals surface area contributed by atoms with Crippen LogP contribution in [0.5, 0.6) is 0 Å². The predicted molar refractivity (Wildman–Crippen MR) is 68.7 cm³/mol. The lowest BCUT2D eigenvalue weighted by molar-refractivity contribution is -0.137. The van der Waals surface area contributed by atoms with E-state index in [1.165, 1.54) is 6.07 Å². The molecule has 0 radical (unpaired) electrons. The van der Waals surface area contributed by atoms with Crippen molar-refractivity contribution in [2.45, 2.75) is 6.18 Å². The molecule has 0 aliphatic carbocycles. The Morgan fingerprint density at radius 3 is 2.10 bits per heavy atom. The monoisotopic (exact) mass is 297 g/mol. The van der Waals surface area contributed by atoms with Gasteiger partial charge in [-0.1, -0.05) is 6.07 Å². The van der Waals surface area contributed by atoms with E-state index in [9.17, 15) is 22.0 Å². The molecule has 0 bridgehead atoms. The molecule has 0 saturated heterocycles. The Kier molecular flexibility index (Phi) is 2.97. The lowest BCUT2D eigenvalue weighted by Crippen LogP contribution is -2.03. The molecule has 21 heavy (non-hydrogen) atoms. The summed E-state index contributed by atoms with van der Waals surface area (Å²) < 4.78 is 64.3. The highest BCUT2D eigenvalue weighted by molar-refractivity contribution is 5.86. The van der Waals surface area contributed by atoms with Crippen molar-refractivity contribution in [2.75, 3.05) is 0 Å². The molecule has 1 nitrogen and oxygen atoms in total. The summed E-state index contributed by atoms with van der Waals surface area (Å²) in [6.45, 7) is 0. The van der Waals surface area contributed by atoms with Gasteiger partial charge >= 0.3 is 6.18 Å². The van der Waals surface area contributed by atoms with Gasteiger partial charge < -0.3 is 4.98 Å². The zero-order valence-electron chi connectivity index (χ0n) is 10.4. The number of halogens is 5. The second kappa shape index (κ2) is 4.58. The van der Waals surface area contributed by atoms with Crippen molar-refractivity contribution in [3.8, 4) is 11.3 Å². The minimum Gasteiger partial charge on any atom is -0.355 e. The van der Waals surface area contributed by atoms with E-state index >= 15 is 0 Å². The van der Waals surface area contributed by atoms with E-state index in [1.54, 1.807) is 6.07 Å². The van der Waals surface area contributed by atoms with E-state index in [-0.39, 0.29) is 11.1 Å². The van der Waals surface area contributed by atoms with Crippen molar-refractivity contribution in [2.24, 2.45) is 0 Å². The van der Waals surface area contributed by atoms with Crippen LogP contribution in [0.4, 0.5) is 22.0 Å². The van der Waals surface area contributed by atoms with Crippen LogP contribution in [0.1, 0.15) is 5.56 Å². The summed E-state index contributed by atoms with van der Waals surface area (Å²) in [5, 5.41) is 0.530. The molecule has 0 aliphatic heterocycles. The molecule has 0 unspecified atom stereocenters.